The van der Waals surface area contributed by atoms with Crippen molar-refractivity contribution in [1.29, 1.82) is 5.26 Å². The Labute approximate surface area is 161 Å². The molecule has 0 atom stereocenters. The molecule has 0 unspecified atom stereocenters. The number of nitrogens with zero attached hydrogens (tertiary/aromatic N) is 3. The molecule has 29 heavy (non-hydrogen) atoms. The number of nitrogens with one attached hydrogen (secondary N) is 2. The maximum Gasteiger partial charge on any atom is 0.416 e. The number of alkyl halides is 3. The van der Waals surface area contributed by atoms with Gasteiger partial charge in [-0.15, -0.1) is 0 Å². The van der Waals surface area contributed by atoms with Gasteiger partial charge in [-0.05, 0) is 18.2 Å². The molecular weight excluding hydrogens is 390 g/mol. The highest BCUT2D eigenvalue weighted by molar-refractivity contribution is 5.80. The van der Waals surface area contributed by atoms with Crippen LogP contribution in [0.2, 0.25) is 0 Å². The Morgan fingerprint density at radius 1 is 1.17 bits per heavy atom. The zero-order valence-corrected chi connectivity index (χ0v) is 14.5. The van der Waals surface area contributed by atoms with Gasteiger partial charge < -0.3 is 0 Å². The zero-order chi connectivity index (χ0) is 21.0. The van der Waals surface area contributed by atoms with E-state index in [2.05, 4.69) is 20.5 Å². The molecule has 10 heteroatoms. The van der Waals surface area contributed by atoms with Gasteiger partial charge in [0, 0.05) is 11.1 Å². The van der Waals surface area contributed by atoms with Crippen LogP contribution in [0.4, 0.5) is 23.5 Å². The van der Waals surface area contributed by atoms with Crippen molar-refractivity contribution in [2.24, 2.45) is 5.10 Å². The van der Waals surface area contributed by atoms with Crippen molar-refractivity contribution in [1.82, 2.24) is 9.97 Å². The first-order chi connectivity index (χ1) is 13.8. The number of hydrogen-bond acceptors (Lipinski definition) is 5. The van der Waals surface area contributed by atoms with Crippen LogP contribution in [-0.4, -0.2) is 16.2 Å². The van der Waals surface area contributed by atoms with E-state index in [-0.39, 0.29) is 17.2 Å². The number of H-pyrrole nitrogens is 1. The first kappa shape index (κ1) is 19.8. The Bertz CT molecular complexity index is 1160. The van der Waals surface area contributed by atoms with Gasteiger partial charge in [-0.2, -0.15) is 23.5 Å². The number of aromatic amines is 1. The van der Waals surface area contributed by atoms with Gasteiger partial charge in [-0.25, -0.2) is 14.8 Å². The van der Waals surface area contributed by atoms with Crippen molar-refractivity contribution in [2.75, 3.05) is 5.43 Å². The molecule has 2 aromatic carbocycles. The van der Waals surface area contributed by atoms with E-state index in [1.54, 1.807) is 36.4 Å². The second-order valence-corrected chi connectivity index (χ2v) is 5.72. The van der Waals surface area contributed by atoms with E-state index in [0.29, 0.717) is 23.8 Å². The second kappa shape index (κ2) is 7.93. The van der Waals surface area contributed by atoms with E-state index < -0.39 is 28.7 Å². The maximum absolute atomic E-state index is 13.7. The minimum atomic E-state index is -4.63. The predicted molar refractivity (Wildman–Crippen MR) is 97.6 cm³/mol. The van der Waals surface area contributed by atoms with Crippen LogP contribution >= 0.6 is 0 Å². The summed E-state index contributed by atoms with van der Waals surface area (Å²) < 4.78 is 52.0. The average molecular weight is 401 g/mol. The summed E-state index contributed by atoms with van der Waals surface area (Å²) in [7, 11) is 0. The number of aromatic nitrogens is 2. The Balaban J connectivity index is 1.92. The fourth-order valence-corrected chi connectivity index (χ4v) is 2.42. The number of benzene rings is 2. The van der Waals surface area contributed by atoms with Crippen LogP contribution in [0, 0.1) is 17.1 Å². The van der Waals surface area contributed by atoms with Crippen molar-refractivity contribution in [2.45, 2.75) is 6.18 Å². The third kappa shape index (κ3) is 4.47. The van der Waals surface area contributed by atoms with Crippen molar-refractivity contribution >= 4 is 12.2 Å². The van der Waals surface area contributed by atoms with Gasteiger partial charge in [0.25, 0.3) is 5.56 Å². The van der Waals surface area contributed by atoms with Crippen LogP contribution in [0.25, 0.3) is 11.3 Å². The fourth-order valence-electron chi connectivity index (χ4n) is 2.42. The molecule has 3 rings (SSSR count). The molecule has 0 bridgehead atoms. The Kier molecular flexibility index (Phi) is 5.40. The number of nitriles is 1. The summed E-state index contributed by atoms with van der Waals surface area (Å²) >= 11 is 0. The van der Waals surface area contributed by atoms with Crippen molar-refractivity contribution in [3.63, 3.8) is 0 Å². The summed E-state index contributed by atoms with van der Waals surface area (Å²) in [6.07, 6.45) is -3.81. The number of hydrogen-bond donors (Lipinski definition) is 2. The van der Waals surface area contributed by atoms with Gasteiger partial charge in [0.1, 0.15) is 17.4 Å². The zero-order valence-electron chi connectivity index (χ0n) is 14.5. The lowest BCUT2D eigenvalue weighted by atomic mass is 10.1. The number of hydrazone groups is 1. The van der Waals surface area contributed by atoms with Crippen LogP contribution in [0.5, 0.6) is 0 Å². The van der Waals surface area contributed by atoms with Crippen molar-refractivity contribution in [3.05, 3.63) is 81.4 Å². The van der Waals surface area contributed by atoms with Gasteiger partial charge >= 0.3 is 6.18 Å². The lowest BCUT2D eigenvalue weighted by molar-refractivity contribution is -0.137. The molecule has 0 radical (unpaired) electrons. The standard InChI is InChI=1S/C19H11F4N5O/c20-15-7-6-13(19(21,22)23)8-12(15)10-25-28-18-26-16(11-4-2-1-3-5-11)14(9-24)17(29)27-18/h1-8,10H,(H2,26,27,28,29). The highest BCUT2D eigenvalue weighted by atomic mass is 19.4. The smallest absolute Gasteiger partial charge is 0.290 e. The fraction of sp³-hybridized carbons (Fsp3) is 0.0526. The van der Waals surface area contributed by atoms with Gasteiger partial charge in [0.05, 0.1) is 17.5 Å². The monoisotopic (exact) mass is 401 g/mol. The quantitative estimate of drug-likeness (QED) is 0.394. The molecule has 6 nitrogen and oxygen atoms in total. The molecule has 3 aromatic rings. The molecule has 0 saturated heterocycles. The molecule has 1 aromatic heterocycles. The summed E-state index contributed by atoms with van der Waals surface area (Å²) in [4.78, 5) is 18.5. The molecule has 0 aliphatic heterocycles. The van der Waals surface area contributed by atoms with Gasteiger partial charge in [0.2, 0.25) is 5.95 Å². The average Bonchev–Trinajstić information content (AvgIpc) is 2.69. The van der Waals surface area contributed by atoms with Crippen LogP contribution < -0.4 is 11.0 Å². The third-order valence-electron chi connectivity index (χ3n) is 3.78. The van der Waals surface area contributed by atoms with Gasteiger partial charge in [-0.3, -0.25) is 9.78 Å². The van der Waals surface area contributed by atoms with Crippen molar-refractivity contribution < 1.29 is 17.6 Å². The first-order valence-electron chi connectivity index (χ1n) is 8.05. The Hall–Kier alpha value is -4.00. The summed E-state index contributed by atoms with van der Waals surface area (Å²) in [6, 6.07) is 12.1. The Morgan fingerprint density at radius 3 is 2.55 bits per heavy atom. The molecule has 146 valence electrons. The maximum atomic E-state index is 13.7. The largest absolute Gasteiger partial charge is 0.416 e. The topological polar surface area (TPSA) is 93.9 Å². The van der Waals surface area contributed by atoms with E-state index >= 15 is 0 Å². The van der Waals surface area contributed by atoms with E-state index in [4.69, 9.17) is 0 Å². The van der Waals surface area contributed by atoms with E-state index in [1.165, 1.54) is 0 Å². The first-order valence-corrected chi connectivity index (χ1v) is 8.05. The summed E-state index contributed by atoms with van der Waals surface area (Å²) in [6.45, 7) is 0. The predicted octanol–water partition coefficient (Wildman–Crippen LogP) is 3.91. The molecule has 2 N–H and O–H groups in total. The van der Waals surface area contributed by atoms with E-state index in [1.807, 2.05) is 0 Å². The molecule has 0 fully saturated rings. The summed E-state index contributed by atoms with van der Waals surface area (Å²) in [5.41, 5.74) is 0.542. The summed E-state index contributed by atoms with van der Waals surface area (Å²) in [5.74, 6) is -1.08. The van der Waals surface area contributed by atoms with Crippen molar-refractivity contribution in [3.8, 4) is 17.3 Å². The minimum absolute atomic E-state index is 0.0970. The lowest BCUT2D eigenvalue weighted by Crippen LogP contribution is -2.16. The van der Waals surface area contributed by atoms with Crippen LogP contribution in [-0.2, 0) is 6.18 Å². The molecule has 0 aliphatic carbocycles. The molecule has 0 amide bonds. The third-order valence-corrected chi connectivity index (χ3v) is 3.78. The van der Waals surface area contributed by atoms with E-state index in [0.717, 1.165) is 6.21 Å². The second-order valence-electron chi connectivity index (χ2n) is 5.72. The van der Waals surface area contributed by atoms with Gasteiger partial charge in [-0.1, -0.05) is 30.3 Å². The number of rotatable bonds is 4. The molecular formula is C19H11F4N5O. The number of halogens is 4. The molecule has 0 spiro atoms. The molecule has 1 heterocycles. The highest BCUT2D eigenvalue weighted by Crippen LogP contribution is 2.30. The Morgan fingerprint density at radius 2 is 1.90 bits per heavy atom. The number of anilines is 1. The SMILES string of the molecule is N#Cc1c(-c2ccccc2)nc(NN=Cc2cc(C(F)(F)F)ccc2F)[nH]c1=O. The highest BCUT2D eigenvalue weighted by Gasteiger charge is 2.30. The molecule has 0 aliphatic rings. The van der Waals surface area contributed by atoms with E-state index in [9.17, 15) is 27.6 Å². The molecule has 0 saturated carbocycles. The van der Waals surface area contributed by atoms with Crippen LogP contribution in [0.3, 0.4) is 0 Å². The van der Waals surface area contributed by atoms with Gasteiger partial charge in [0.15, 0.2) is 0 Å². The van der Waals surface area contributed by atoms with Crippen LogP contribution in [0.15, 0.2) is 58.4 Å². The lowest BCUT2D eigenvalue weighted by Gasteiger charge is -2.08. The van der Waals surface area contributed by atoms with Crippen LogP contribution in [0.1, 0.15) is 16.7 Å². The minimum Gasteiger partial charge on any atom is -0.290 e. The summed E-state index contributed by atoms with van der Waals surface area (Å²) in [5, 5.41) is 12.8. The normalized spacial score (nSPS) is 11.4.